The standard InChI is InChI=1S/C22H27NO2/c1-22(18-10-4-2-5-11-18,19-12-6-3-7-13-19)16-23-21(25)17-9-8-14-20(24)15-17/h2-7,10-13,17,20,24H,8-9,14-16H2,1H3,(H,23,25)/t17-,20+/m1/s1. The van der Waals surface area contributed by atoms with Gasteiger partial charge < -0.3 is 10.4 Å². The molecule has 0 aromatic heterocycles. The molecule has 132 valence electrons. The van der Waals surface area contributed by atoms with Crippen molar-refractivity contribution in [3.63, 3.8) is 0 Å². The Morgan fingerprint density at radius 3 is 2.12 bits per heavy atom. The maximum atomic E-state index is 12.6. The minimum absolute atomic E-state index is 0.0665. The fraction of sp³-hybridized carbons (Fsp3) is 0.409. The first kappa shape index (κ1) is 17.7. The maximum Gasteiger partial charge on any atom is 0.223 e. The summed E-state index contributed by atoms with van der Waals surface area (Å²) in [6, 6.07) is 20.6. The highest BCUT2D eigenvalue weighted by molar-refractivity contribution is 5.79. The quantitative estimate of drug-likeness (QED) is 0.875. The van der Waals surface area contributed by atoms with Crippen LogP contribution in [0.1, 0.15) is 43.7 Å². The molecule has 3 rings (SSSR count). The van der Waals surface area contributed by atoms with Gasteiger partial charge in [0.05, 0.1) is 6.10 Å². The van der Waals surface area contributed by atoms with Crippen LogP contribution in [0.25, 0.3) is 0 Å². The number of hydrogen-bond donors (Lipinski definition) is 2. The third-order valence-corrected chi connectivity index (χ3v) is 5.46. The van der Waals surface area contributed by atoms with E-state index in [4.69, 9.17) is 0 Å². The molecule has 0 saturated heterocycles. The second-order valence-corrected chi connectivity index (χ2v) is 7.30. The van der Waals surface area contributed by atoms with Gasteiger partial charge in [-0.1, -0.05) is 67.1 Å². The minimum Gasteiger partial charge on any atom is -0.393 e. The van der Waals surface area contributed by atoms with E-state index in [2.05, 4.69) is 36.5 Å². The van der Waals surface area contributed by atoms with E-state index in [1.165, 1.54) is 11.1 Å². The summed E-state index contributed by atoms with van der Waals surface area (Å²) in [5.74, 6) is -0.00335. The van der Waals surface area contributed by atoms with Crippen LogP contribution in [0.4, 0.5) is 0 Å². The maximum absolute atomic E-state index is 12.6. The number of aliphatic hydroxyl groups excluding tert-OH is 1. The lowest BCUT2D eigenvalue weighted by Gasteiger charge is -2.33. The molecule has 2 atom stereocenters. The fourth-order valence-electron chi connectivity index (χ4n) is 3.79. The second kappa shape index (κ2) is 7.83. The normalized spacial score (nSPS) is 20.9. The third-order valence-electron chi connectivity index (χ3n) is 5.46. The predicted molar refractivity (Wildman–Crippen MR) is 100 cm³/mol. The average molecular weight is 337 g/mol. The van der Waals surface area contributed by atoms with Crippen LogP contribution in [0.3, 0.4) is 0 Å². The van der Waals surface area contributed by atoms with Gasteiger partial charge in [-0.15, -0.1) is 0 Å². The monoisotopic (exact) mass is 337 g/mol. The Morgan fingerprint density at radius 1 is 1.04 bits per heavy atom. The molecule has 3 nitrogen and oxygen atoms in total. The first-order valence-corrected chi connectivity index (χ1v) is 9.16. The van der Waals surface area contributed by atoms with Gasteiger partial charge in [0.2, 0.25) is 5.91 Å². The SMILES string of the molecule is CC(CNC(=O)[C@@H]1CCC[C@H](O)C1)(c1ccccc1)c1ccccc1. The van der Waals surface area contributed by atoms with Crippen molar-refractivity contribution in [2.24, 2.45) is 5.92 Å². The van der Waals surface area contributed by atoms with E-state index in [9.17, 15) is 9.90 Å². The highest BCUT2D eigenvalue weighted by Crippen LogP contribution is 2.32. The second-order valence-electron chi connectivity index (χ2n) is 7.30. The summed E-state index contributed by atoms with van der Waals surface area (Å²) in [4.78, 5) is 12.6. The number of carbonyl (C=O) groups excluding carboxylic acids is 1. The van der Waals surface area contributed by atoms with E-state index in [0.717, 1.165) is 19.3 Å². The summed E-state index contributed by atoms with van der Waals surface area (Å²) in [7, 11) is 0. The van der Waals surface area contributed by atoms with Gasteiger partial charge in [-0.3, -0.25) is 4.79 Å². The average Bonchev–Trinajstić information content (AvgIpc) is 2.67. The predicted octanol–water partition coefficient (Wildman–Crippen LogP) is 3.66. The van der Waals surface area contributed by atoms with Crippen molar-refractivity contribution < 1.29 is 9.90 Å². The van der Waals surface area contributed by atoms with Crippen LogP contribution >= 0.6 is 0 Å². The molecule has 0 heterocycles. The molecule has 2 aromatic carbocycles. The summed E-state index contributed by atoms with van der Waals surface area (Å²) in [5.41, 5.74) is 2.08. The number of nitrogens with one attached hydrogen (secondary N) is 1. The molecule has 25 heavy (non-hydrogen) atoms. The molecular formula is C22H27NO2. The molecule has 0 bridgehead atoms. The molecule has 1 aliphatic carbocycles. The van der Waals surface area contributed by atoms with Crippen molar-refractivity contribution >= 4 is 5.91 Å². The van der Waals surface area contributed by atoms with Gasteiger partial charge in [-0.2, -0.15) is 0 Å². The first-order valence-electron chi connectivity index (χ1n) is 9.16. The summed E-state index contributed by atoms with van der Waals surface area (Å²) < 4.78 is 0. The largest absolute Gasteiger partial charge is 0.393 e. The van der Waals surface area contributed by atoms with Crippen LogP contribution in [0, 0.1) is 5.92 Å². The van der Waals surface area contributed by atoms with Crippen LogP contribution in [0.15, 0.2) is 60.7 Å². The van der Waals surface area contributed by atoms with Crippen molar-refractivity contribution in [2.75, 3.05) is 6.54 Å². The van der Waals surface area contributed by atoms with Gasteiger partial charge in [0.1, 0.15) is 0 Å². The molecule has 0 spiro atoms. The van der Waals surface area contributed by atoms with Gasteiger partial charge >= 0.3 is 0 Å². The van der Waals surface area contributed by atoms with Gasteiger partial charge in [-0.05, 0) is 37.3 Å². The minimum atomic E-state index is -0.334. The van der Waals surface area contributed by atoms with Crippen molar-refractivity contribution in [3.8, 4) is 0 Å². The van der Waals surface area contributed by atoms with Crippen LogP contribution < -0.4 is 5.32 Å². The molecule has 1 saturated carbocycles. The highest BCUT2D eigenvalue weighted by atomic mass is 16.3. The van der Waals surface area contributed by atoms with Crippen molar-refractivity contribution in [1.29, 1.82) is 0 Å². The van der Waals surface area contributed by atoms with Gasteiger partial charge in [-0.25, -0.2) is 0 Å². The van der Waals surface area contributed by atoms with Crippen LogP contribution in [-0.2, 0) is 10.2 Å². The van der Waals surface area contributed by atoms with Crippen molar-refractivity contribution in [2.45, 2.75) is 44.1 Å². The molecule has 2 N–H and O–H groups in total. The number of aliphatic hydroxyl groups is 1. The Kier molecular flexibility index (Phi) is 5.54. The van der Waals surface area contributed by atoms with Gasteiger partial charge in [0, 0.05) is 17.9 Å². The molecule has 0 radical (unpaired) electrons. The Labute approximate surface area is 150 Å². The van der Waals surface area contributed by atoms with E-state index >= 15 is 0 Å². The van der Waals surface area contributed by atoms with Crippen molar-refractivity contribution in [3.05, 3.63) is 71.8 Å². The Balaban J connectivity index is 1.78. The number of rotatable bonds is 5. The number of benzene rings is 2. The lowest BCUT2D eigenvalue weighted by atomic mass is 9.76. The summed E-state index contributed by atoms with van der Waals surface area (Å²) >= 11 is 0. The smallest absolute Gasteiger partial charge is 0.223 e. The van der Waals surface area contributed by atoms with E-state index in [1.54, 1.807) is 0 Å². The zero-order valence-corrected chi connectivity index (χ0v) is 14.8. The number of amides is 1. The number of hydrogen-bond acceptors (Lipinski definition) is 2. The third kappa shape index (κ3) is 4.10. The zero-order chi connectivity index (χ0) is 17.7. The van der Waals surface area contributed by atoms with Crippen LogP contribution in [-0.4, -0.2) is 23.7 Å². The lowest BCUT2D eigenvalue weighted by Crippen LogP contribution is -2.43. The Hall–Kier alpha value is -2.13. The van der Waals surface area contributed by atoms with E-state index in [1.807, 2.05) is 36.4 Å². The fourth-order valence-corrected chi connectivity index (χ4v) is 3.79. The summed E-state index contributed by atoms with van der Waals surface area (Å²) in [6.45, 7) is 2.72. The Morgan fingerprint density at radius 2 is 1.60 bits per heavy atom. The topological polar surface area (TPSA) is 49.3 Å². The van der Waals surface area contributed by atoms with E-state index in [0.29, 0.717) is 13.0 Å². The van der Waals surface area contributed by atoms with E-state index in [-0.39, 0.29) is 23.3 Å². The van der Waals surface area contributed by atoms with Crippen LogP contribution in [0.2, 0.25) is 0 Å². The molecule has 3 heteroatoms. The van der Waals surface area contributed by atoms with Gasteiger partial charge in [0.25, 0.3) is 0 Å². The van der Waals surface area contributed by atoms with E-state index < -0.39 is 0 Å². The lowest BCUT2D eigenvalue weighted by molar-refractivity contribution is -0.127. The molecule has 1 aliphatic rings. The Bertz CT molecular complexity index is 644. The molecule has 1 amide bonds. The molecule has 1 fully saturated rings. The molecular weight excluding hydrogens is 310 g/mol. The van der Waals surface area contributed by atoms with Crippen LogP contribution in [0.5, 0.6) is 0 Å². The molecule has 2 aromatic rings. The molecule has 0 unspecified atom stereocenters. The first-order chi connectivity index (χ1) is 12.1. The molecule has 0 aliphatic heterocycles. The zero-order valence-electron chi connectivity index (χ0n) is 14.8. The van der Waals surface area contributed by atoms with Gasteiger partial charge in [0.15, 0.2) is 0 Å². The summed E-state index contributed by atoms with van der Waals surface area (Å²) in [5, 5.41) is 13.0. The highest BCUT2D eigenvalue weighted by Gasteiger charge is 2.31. The van der Waals surface area contributed by atoms with Crippen molar-refractivity contribution in [1.82, 2.24) is 5.32 Å². The number of carbonyl (C=O) groups is 1. The summed E-state index contributed by atoms with van der Waals surface area (Å²) in [6.07, 6.45) is 2.86.